The van der Waals surface area contributed by atoms with Gasteiger partial charge >= 0.3 is 0 Å². The molecule has 100 valence electrons. The fraction of sp³-hybridized carbons (Fsp3) is 0.467. The third-order valence-corrected chi connectivity index (χ3v) is 3.86. The fourth-order valence-electron chi connectivity index (χ4n) is 2.69. The Morgan fingerprint density at radius 3 is 2.79 bits per heavy atom. The number of benzene rings is 1. The molecule has 0 fully saturated rings. The summed E-state index contributed by atoms with van der Waals surface area (Å²) in [7, 11) is 0. The van der Waals surface area contributed by atoms with Crippen molar-refractivity contribution in [3.8, 4) is 0 Å². The molecule has 1 atom stereocenters. The molecule has 1 aliphatic rings. The van der Waals surface area contributed by atoms with Gasteiger partial charge in [0.25, 0.3) is 0 Å². The second kappa shape index (κ2) is 5.53. The Kier molecular flexibility index (Phi) is 3.60. The van der Waals surface area contributed by atoms with E-state index in [-0.39, 0.29) is 6.61 Å². The van der Waals surface area contributed by atoms with E-state index in [9.17, 15) is 5.11 Å². The molecular formula is C15H19N3O. The number of nitrogens with zero attached hydrogens (tertiary/aromatic N) is 3. The molecule has 4 nitrogen and oxygen atoms in total. The van der Waals surface area contributed by atoms with E-state index in [1.165, 1.54) is 5.56 Å². The Labute approximate surface area is 113 Å². The van der Waals surface area contributed by atoms with Crippen LogP contribution in [-0.2, 0) is 25.8 Å². The van der Waals surface area contributed by atoms with Gasteiger partial charge in [-0.15, -0.1) is 10.2 Å². The zero-order valence-corrected chi connectivity index (χ0v) is 11.0. The van der Waals surface area contributed by atoms with Gasteiger partial charge in [-0.2, -0.15) is 0 Å². The van der Waals surface area contributed by atoms with Gasteiger partial charge < -0.3 is 9.67 Å². The van der Waals surface area contributed by atoms with Crippen LogP contribution in [0.3, 0.4) is 0 Å². The first-order chi connectivity index (χ1) is 9.36. The van der Waals surface area contributed by atoms with Crippen molar-refractivity contribution in [3.63, 3.8) is 0 Å². The summed E-state index contributed by atoms with van der Waals surface area (Å²) in [5.41, 5.74) is 1.33. The zero-order chi connectivity index (χ0) is 13.1. The van der Waals surface area contributed by atoms with E-state index in [0.29, 0.717) is 5.92 Å². The molecule has 0 bridgehead atoms. The summed E-state index contributed by atoms with van der Waals surface area (Å²) in [4.78, 5) is 0. The Morgan fingerprint density at radius 2 is 2.00 bits per heavy atom. The first-order valence-corrected chi connectivity index (χ1v) is 6.92. The van der Waals surface area contributed by atoms with E-state index in [1.807, 2.05) is 6.07 Å². The highest BCUT2D eigenvalue weighted by atomic mass is 16.3. The van der Waals surface area contributed by atoms with Gasteiger partial charge in [-0.3, -0.25) is 0 Å². The Morgan fingerprint density at radius 1 is 1.16 bits per heavy atom. The molecule has 1 aliphatic heterocycles. The molecule has 1 aromatic carbocycles. The monoisotopic (exact) mass is 257 g/mol. The topological polar surface area (TPSA) is 50.9 Å². The quantitative estimate of drug-likeness (QED) is 0.905. The molecule has 1 unspecified atom stereocenters. The number of hydrogen-bond acceptors (Lipinski definition) is 3. The lowest BCUT2D eigenvalue weighted by molar-refractivity contribution is 0.189. The number of aromatic nitrogens is 3. The average molecular weight is 257 g/mol. The number of aliphatic hydroxyl groups is 1. The van der Waals surface area contributed by atoms with Crippen molar-refractivity contribution in [3.05, 3.63) is 47.5 Å². The highest BCUT2D eigenvalue weighted by Crippen LogP contribution is 2.20. The highest BCUT2D eigenvalue weighted by molar-refractivity contribution is 5.15. The van der Waals surface area contributed by atoms with Crippen LogP contribution >= 0.6 is 0 Å². The first-order valence-electron chi connectivity index (χ1n) is 6.92. The summed E-state index contributed by atoms with van der Waals surface area (Å²) in [5.74, 6) is 2.49. The summed E-state index contributed by atoms with van der Waals surface area (Å²) in [5, 5.41) is 17.9. The minimum atomic E-state index is 0.260. The molecule has 0 saturated heterocycles. The number of rotatable bonds is 4. The van der Waals surface area contributed by atoms with Crippen LogP contribution in [0.2, 0.25) is 0 Å². The van der Waals surface area contributed by atoms with Crippen molar-refractivity contribution in [2.24, 2.45) is 5.92 Å². The summed E-state index contributed by atoms with van der Waals surface area (Å²) in [6.45, 7) is 1.12. The maximum atomic E-state index is 9.30. The lowest BCUT2D eigenvalue weighted by Gasteiger charge is -2.22. The second-order valence-electron chi connectivity index (χ2n) is 5.22. The van der Waals surface area contributed by atoms with Crippen LogP contribution in [0.25, 0.3) is 0 Å². The van der Waals surface area contributed by atoms with Crippen molar-refractivity contribution in [1.82, 2.24) is 14.8 Å². The van der Waals surface area contributed by atoms with Gasteiger partial charge in [-0.05, 0) is 18.4 Å². The van der Waals surface area contributed by atoms with Crippen LogP contribution in [0.15, 0.2) is 30.3 Å². The Bertz CT molecular complexity index is 536. The zero-order valence-electron chi connectivity index (χ0n) is 11.0. The third-order valence-electron chi connectivity index (χ3n) is 3.86. The summed E-state index contributed by atoms with van der Waals surface area (Å²) < 4.78 is 2.20. The number of fused-ring (bicyclic) bond motifs is 1. The van der Waals surface area contributed by atoms with Crippen LogP contribution in [0, 0.1) is 5.92 Å². The van der Waals surface area contributed by atoms with E-state index >= 15 is 0 Å². The van der Waals surface area contributed by atoms with E-state index in [4.69, 9.17) is 0 Å². The molecule has 4 heteroatoms. The lowest BCUT2D eigenvalue weighted by atomic mass is 10.00. The van der Waals surface area contributed by atoms with Crippen LogP contribution in [0.1, 0.15) is 23.6 Å². The molecule has 0 spiro atoms. The van der Waals surface area contributed by atoms with E-state index < -0.39 is 0 Å². The number of aryl methyl sites for hydroxylation is 3. The first kappa shape index (κ1) is 12.4. The molecule has 19 heavy (non-hydrogen) atoms. The predicted octanol–water partition coefficient (Wildman–Crippen LogP) is 1.62. The predicted molar refractivity (Wildman–Crippen MR) is 72.8 cm³/mol. The molecule has 3 rings (SSSR count). The van der Waals surface area contributed by atoms with Gasteiger partial charge in [0, 0.05) is 31.9 Å². The number of hydrogen-bond donors (Lipinski definition) is 1. The maximum absolute atomic E-state index is 9.30. The molecule has 0 aliphatic carbocycles. The maximum Gasteiger partial charge on any atom is 0.133 e. The standard InChI is InChI=1S/C15H19N3O/c19-11-13-7-9-15-17-16-14(18(15)10-13)8-6-12-4-2-1-3-5-12/h1-5,13,19H,6-11H2. The molecule has 2 aromatic rings. The van der Waals surface area contributed by atoms with Crippen molar-refractivity contribution in [2.75, 3.05) is 6.61 Å². The Balaban J connectivity index is 1.71. The molecule has 0 saturated carbocycles. The van der Waals surface area contributed by atoms with Crippen LogP contribution in [0.4, 0.5) is 0 Å². The van der Waals surface area contributed by atoms with Crippen molar-refractivity contribution in [2.45, 2.75) is 32.2 Å². The van der Waals surface area contributed by atoms with Crippen molar-refractivity contribution >= 4 is 0 Å². The van der Waals surface area contributed by atoms with Crippen LogP contribution in [-0.4, -0.2) is 26.5 Å². The third kappa shape index (κ3) is 2.68. The van der Waals surface area contributed by atoms with Crippen molar-refractivity contribution in [1.29, 1.82) is 0 Å². The van der Waals surface area contributed by atoms with Gasteiger partial charge in [0.2, 0.25) is 0 Å². The SMILES string of the molecule is OCC1CCc2nnc(CCc3ccccc3)n2C1. The lowest BCUT2D eigenvalue weighted by Crippen LogP contribution is -2.24. The highest BCUT2D eigenvalue weighted by Gasteiger charge is 2.21. The van der Waals surface area contributed by atoms with Gasteiger partial charge in [0.1, 0.15) is 11.6 Å². The normalized spacial score (nSPS) is 18.3. The summed E-state index contributed by atoms with van der Waals surface area (Å²) in [6.07, 6.45) is 3.86. The molecule has 1 N–H and O–H groups in total. The minimum absolute atomic E-state index is 0.260. The van der Waals surface area contributed by atoms with Gasteiger partial charge in [-0.1, -0.05) is 30.3 Å². The second-order valence-corrected chi connectivity index (χ2v) is 5.22. The van der Waals surface area contributed by atoms with Gasteiger partial charge in [0.15, 0.2) is 0 Å². The molecule has 2 heterocycles. The van der Waals surface area contributed by atoms with Crippen LogP contribution < -0.4 is 0 Å². The van der Waals surface area contributed by atoms with E-state index in [2.05, 4.69) is 39.0 Å². The largest absolute Gasteiger partial charge is 0.396 e. The number of aliphatic hydroxyl groups excluding tert-OH is 1. The fourth-order valence-corrected chi connectivity index (χ4v) is 2.69. The summed E-state index contributed by atoms with van der Waals surface area (Å²) >= 11 is 0. The van der Waals surface area contributed by atoms with E-state index in [1.54, 1.807) is 0 Å². The Hall–Kier alpha value is -1.68. The smallest absolute Gasteiger partial charge is 0.133 e. The van der Waals surface area contributed by atoms with Crippen molar-refractivity contribution < 1.29 is 5.11 Å². The van der Waals surface area contributed by atoms with Gasteiger partial charge in [-0.25, -0.2) is 0 Å². The molecule has 0 radical (unpaired) electrons. The molecular weight excluding hydrogens is 238 g/mol. The van der Waals surface area contributed by atoms with Crippen LogP contribution in [0.5, 0.6) is 0 Å². The van der Waals surface area contributed by atoms with Gasteiger partial charge in [0.05, 0.1) is 0 Å². The molecule has 1 aromatic heterocycles. The van der Waals surface area contributed by atoms with E-state index in [0.717, 1.165) is 43.9 Å². The average Bonchev–Trinajstić information content (AvgIpc) is 2.88. The minimum Gasteiger partial charge on any atom is -0.396 e. The molecule has 0 amide bonds. The summed E-state index contributed by atoms with van der Waals surface area (Å²) in [6, 6.07) is 10.5.